The van der Waals surface area contributed by atoms with Crippen LogP contribution in [-0.4, -0.2) is 47.8 Å². The van der Waals surface area contributed by atoms with Crippen LogP contribution in [0.2, 0.25) is 0 Å². The van der Waals surface area contributed by atoms with Crippen LogP contribution >= 0.6 is 11.3 Å². The summed E-state index contributed by atoms with van der Waals surface area (Å²) in [5, 5.41) is 9.37. The van der Waals surface area contributed by atoms with Crippen LogP contribution in [-0.2, 0) is 19.1 Å². The van der Waals surface area contributed by atoms with E-state index in [0.29, 0.717) is 33.1 Å². The Hall–Kier alpha value is -4.51. The summed E-state index contributed by atoms with van der Waals surface area (Å²) in [4.78, 5) is 58.0. The fourth-order valence-electron chi connectivity index (χ4n) is 4.74. The van der Waals surface area contributed by atoms with Gasteiger partial charge in [-0.05, 0) is 37.6 Å². The number of esters is 1. The van der Waals surface area contributed by atoms with E-state index in [4.69, 9.17) is 9.47 Å². The summed E-state index contributed by atoms with van der Waals surface area (Å²) < 4.78 is 12.1. The summed E-state index contributed by atoms with van der Waals surface area (Å²) in [5.41, 5.74) is 1.71. The molecule has 2 aliphatic heterocycles. The molecule has 194 valence electrons. The second-order valence-electron chi connectivity index (χ2n) is 8.57. The average Bonchev–Trinajstić information content (AvgIpc) is 3.35. The van der Waals surface area contributed by atoms with Crippen molar-refractivity contribution in [2.45, 2.75) is 19.9 Å². The van der Waals surface area contributed by atoms with Crippen molar-refractivity contribution in [3.8, 4) is 5.75 Å². The van der Waals surface area contributed by atoms with E-state index in [0.717, 1.165) is 16.2 Å². The van der Waals surface area contributed by atoms with Gasteiger partial charge in [0.2, 0.25) is 0 Å². The van der Waals surface area contributed by atoms with Crippen LogP contribution in [0.25, 0.3) is 5.57 Å². The lowest BCUT2D eigenvalue weighted by Gasteiger charge is -2.24. The van der Waals surface area contributed by atoms with Crippen molar-refractivity contribution in [3.63, 3.8) is 0 Å². The lowest BCUT2D eigenvalue weighted by Crippen LogP contribution is -2.41. The minimum absolute atomic E-state index is 0.109. The van der Waals surface area contributed by atoms with E-state index in [-0.39, 0.29) is 22.3 Å². The Morgan fingerprint density at radius 1 is 1.11 bits per heavy atom. The highest BCUT2D eigenvalue weighted by molar-refractivity contribution is 7.07. The molecule has 0 unspecified atom stereocenters. The number of allylic oxidation sites excluding steroid dienone is 1. The number of fused-ring (bicyclic) bond motifs is 2. The molecule has 0 bridgehead atoms. The lowest BCUT2D eigenvalue weighted by molar-refractivity contribution is -0.139. The molecule has 3 aromatic rings. The van der Waals surface area contributed by atoms with Crippen molar-refractivity contribution in [2.24, 2.45) is 4.99 Å². The summed E-state index contributed by atoms with van der Waals surface area (Å²) in [6.07, 6.45) is 0. The van der Waals surface area contributed by atoms with Crippen molar-refractivity contribution in [2.75, 3.05) is 25.2 Å². The number of carboxylic acids is 1. The van der Waals surface area contributed by atoms with Crippen LogP contribution in [0.4, 0.5) is 5.69 Å². The molecule has 5 rings (SSSR count). The number of thiazole rings is 1. The molecular weight excluding hydrogens is 510 g/mol. The SMILES string of the molecule is CCOC(=O)C1=C(C)N=c2s/c(=C3\C(=O)N(CC(=O)O)c4ccccc43)c(=O)n2[C@H]1c1ccc(OC)cc1. The standard InChI is InChI=1S/C27H23N3O7S/c1-4-37-26(35)20-14(2)28-27-30(22(20)15-9-11-16(36-3)12-10-15)25(34)23(38-27)21-17-7-5-6-8-18(17)29(24(21)33)13-19(31)32/h5-12,22H,4,13H2,1-3H3,(H,31,32)/b23-21-/t22-/m0/s1. The molecular formula is C27H23N3O7S. The Balaban J connectivity index is 1.79. The number of ether oxygens (including phenoxy) is 2. The number of para-hydroxylation sites is 1. The van der Waals surface area contributed by atoms with Crippen molar-refractivity contribution in [1.82, 2.24) is 4.57 Å². The van der Waals surface area contributed by atoms with Gasteiger partial charge < -0.3 is 14.6 Å². The molecule has 2 aliphatic rings. The number of nitrogens with zero attached hydrogens (tertiary/aromatic N) is 3. The van der Waals surface area contributed by atoms with E-state index >= 15 is 0 Å². The van der Waals surface area contributed by atoms with Gasteiger partial charge in [0, 0.05) is 5.56 Å². The molecule has 11 heteroatoms. The van der Waals surface area contributed by atoms with Crippen LogP contribution in [0.15, 0.2) is 69.6 Å². The zero-order valence-corrected chi connectivity index (χ0v) is 21.6. The van der Waals surface area contributed by atoms with E-state index in [9.17, 15) is 24.3 Å². The van der Waals surface area contributed by atoms with Crippen LogP contribution in [0, 0.1) is 0 Å². The number of anilines is 1. The maximum absolute atomic E-state index is 14.0. The zero-order valence-electron chi connectivity index (χ0n) is 20.8. The molecule has 1 amide bonds. The van der Waals surface area contributed by atoms with Gasteiger partial charge >= 0.3 is 11.9 Å². The molecule has 3 heterocycles. The van der Waals surface area contributed by atoms with Crippen LogP contribution in [0.3, 0.4) is 0 Å². The number of carboxylic acid groups (broad SMARTS) is 1. The minimum atomic E-state index is -1.18. The van der Waals surface area contributed by atoms with E-state index in [1.165, 1.54) is 11.7 Å². The molecule has 0 saturated carbocycles. The molecule has 0 aliphatic carbocycles. The van der Waals surface area contributed by atoms with Crippen molar-refractivity contribution in [1.29, 1.82) is 0 Å². The summed E-state index contributed by atoms with van der Waals surface area (Å²) >= 11 is 1.03. The molecule has 1 aromatic heterocycles. The molecule has 0 spiro atoms. The van der Waals surface area contributed by atoms with Gasteiger partial charge in [-0.2, -0.15) is 0 Å². The molecule has 1 atom stereocenters. The van der Waals surface area contributed by atoms with Gasteiger partial charge in [0.1, 0.15) is 16.8 Å². The first kappa shape index (κ1) is 25.2. The topological polar surface area (TPSA) is 128 Å². The highest BCUT2D eigenvalue weighted by atomic mass is 32.1. The van der Waals surface area contributed by atoms with Gasteiger partial charge in [-0.25, -0.2) is 9.79 Å². The summed E-state index contributed by atoms with van der Waals surface area (Å²) in [5.74, 6) is -1.75. The third-order valence-electron chi connectivity index (χ3n) is 6.37. The van der Waals surface area contributed by atoms with Crippen LogP contribution in [0.5, 0.6) is 5.75 Å². The number of amides is 1. The Labute approximate surface area is 220 Å². The first-order valence-corrected chi connectivity index (χ1v) is 12.6. The average molecular weight is 534 g/mol. The maximum atomic E-state index is 14.0. The number of hydrogen-bond acceptors (Lipinski definition) is 8. The summed E-state index contributed by atoms with van der Waals surface area (Å²) in [6, 6.07) is 12.9. The molecule has 0 fully saturated rings. The molecule has 10 nitrogen and oxygen atoms in total. The molecule has 38 heavy (non-hydrogen) atoms. The first-order chi connectivity index (χ1) is 18.3. The normalized spacial score (nSPS) is 17.6. The second kappa shape index (κ2) is 9.75. The van der Waals surface area contributed by atoms with Crippen molar-refractivity contribution in [3.05, 3.63) is 90.6 Å². The number of carbonyl (C=O) groups is 3. The lowest BCUT2D eigenvalue weighted by atomic mass is 9.96. The van der Waals surface area contributed by atoms with Crippen molar-refractivity contribution < 1.29 is 29.0 Å². The Morgan fingerprint density at radius 2 is 1.82 bits per heavy atom. The number of methoxy groups -OCH3 is 1. The Morgan fingerprint density at radius 3 is 2.47 bits per heavy atom. The highest BCUT2D eigenvalue weighted by Gasteiger charge is 2.37. The van der Waals surface area contributed by atoms with Gasteiger partial charge in [0.25, 0.3) is 11.5 Å². The van der Waals surface area contributed by atoms with Crippen LogP contribution in [0.1, 0.15) is 31.0 Å². The van der Waals surface area contributed by atoms with Gasteiger partial charge in [0.05, 0.1) is 42.3 Å². The second-order valence-corrected chi connectivity index (χ2v) is 9.55. The van der Waals surface area contributed by atoms with E-state index < -0.39 is 36.0 Å². The highest BCUT2D eigenvalue weighted by Crippen LogP contribution is 2.35. The predicted octanol–water partition coefficient (Wildman–Crippen LogP) is 1.61. The largest absolute Gasteiger partial charge is 0.497 e. The fourth-order valence-corrected chi connectivity index (χ4v) is 5.87. The molecule has 1 N–H and O–H groups in total. The van der Waals surface area contributed by atoms with E-state index in [1.54, 1.807) is 62.4 Å². The monoisotopic (exact) mass is 533 g/mol. The molecule has 0 radical (unpaired) electrons. The van der Waals surface area contributed by atoms with Crippen molar-refractivity contribution >= 4 is 40.4 Å². The quantitative estimate of drug-likeness (QED) is 0.477. The van der Waals surface area contributed by atoms with E-state index in [1.807, 2.05) is 0 Å². The minimum Gasteiger partial charge on any atom is -0.497 e. The van der Waals surface area contributed by atoms with Gasteiger partial charge in [-0.3, -0.25) is 23.9 Å². The Bertz CT molecular complexity index is 1700. The number of hydrogen-bond donors (Lipinski definition) is 1. The van der Waals surface area contributed by atoms with Gasteiger partial charge in [-0.15, -0.1) is 0 Å². The number of rotatable bonds is 6. The number of aromatic nitrogens is 1. The number of carbonyl (C=O) groups excluding carboxylic acids is 2. The number of benzene rings is 2. The van der Waals surface area contributed by atoms with E-state index in [2.05, 4.69) is 4.99 Å². The molecule has 0 saturated heterocycles. The molecule has 2 aromatic carbocycles. The zero-order chi connectivity index (χ0) is 27.1. The first-order valence-electron chi connectivity index (χ1n) is 11.8. The maximum Gasteiger partial charge on any atom is 0.338 e. The number of aliphatic carboxylic acids is 1. The third kappa shape index (κ3) is 4.01. The predicted molar refractivity (Wildman–Crippen MR) is 139 cm³/mol. The van der Waals surface area contributed by atoms with Crippen LogP contribution < -0.4 is 24.5 Å². The summed E-state index contributed by atoms with van der Waals surface area (Å²) in [6.45, 7) is 2.97. The smallest absolute Gasteiger partial charge is 0.338 e. The summed E-state index contributed by atoms with van der Waals surface area (Å²) in [7, 11) is 1.54. The Kier molecular flexibility index (Phi) is 6.45. The van der Waals surface area contributed by atoms with Gasteiger partial charge in [0.15, 0.2) is 4.80 Å². The van der Waals surface area contributed by atoms with Gasteiger partial charge in [-0.1, -0.05) is 41.7 Å². The third-order valence-corrected chi connectivity index (χ3v) is 7.42. The fraction of sp³-hybridized carbons (Fsp3) is 0.222.